The largest absolute Gasteiger partial charge is 0.496 e. The summed E-state index contributed by atoms with van der Waals surface area (Å²) in [5.74, 6) is -0.194. The van der Waals surface area contributed by atoms with Crippen molar-refractivity contribution < 1.29 is 22.1 Å². The van der Waals surface area contributed by atoms with Gasteiger partial charge in [0.05, 0.1) is 25.5 Å². The molecule has 0 spiro atoms. The van der Waals surface area contributed by atoms with Crippen LogP contribution >= 0.6 is 23.1 Å². The molecule has 7 nitrogen and oxygen atoms in total. The Kier molecular flexibility index (Phi) is 6.51. The van der Waals surface area contributed by atoms with E-state index in [1.54, 1.807) is 18.3 Å². The number of hydrogen-bond donors (Lipinski definition) is 0. The van der Waals surface area contributed by atoms with Gasteiger partial charge in [-0.05, 0) is 50.5 Å². The van der Waals surface area contributed by atoms with Crippen molar-refractivity contribution >= 4 is 39.2 Å². The average molecular weight is 433 g/mol. The van der Waals surface area contributed by atoms with Gasteiger partial charge in [-0.3, -0.25) is 12.9 Å². The highest BCUT2D eigenvalue weighted by atomic mass is 35.5. The molecule has 1 amide bonds. The van der Waals surface area contributed by atoms with Gasteiger partial charge in [-0.2, -0.15) is 13.4 Å². The lowest BCUT2D eigenvalue weighted by Gasteiger charge is -2.19. The Balaban J connectivity index is 2.53. The van der Waals surface area contributed by atoms with E-state index in [1.807, 2.05) is 24.7 Å². The Bertz CT molecular complexity index is 1020. The second-order valence-electron chi connectivity index (χ2n) is 6.78. The summed E-state index contributed by atoms with van der Waals surface area (Å²) in [6, 6.07) is 4.67. The third-order valence-electron chi connectivity index (χ3n) is 3.42. The lowest BCUT2D eigenvalue weighted by Crippen LogP contribution is -2.18. The number of ether oxygens (including phenoxy) is 1. The summed E-state index contributed by atoms with van der Waals surface area (Å²) >= 11 is 7.22. The fraction of sp³-hybridized carbons (Fsp3) is 0.412. The maximum Gasteiger partial charge on any atom is 0.282 e. The van der Waals surface area contributed by atoms with E-state index in [0.717, 1.165) is 6.26 Å². The van der Waals surface area contributed by atoms with Crippen LogP contribution < -0.4 is 9.41 Å². The number of hydrogen-bond acceptors (Lipinski definition) is 6. The normalized spacial score (nSPS) is 13.0. The number of aromatic nitrogens is 1. The predicted octanol–water partition coefficient (Wildman–Crippen LogP) is 3.18. The molecule has 148 valence electrons. The van der Waals surface area contributed by atoms with E-state index in [2.05, 4.69) is 4.99 Å². The van der Waals surface area contributed by atoms with Crippen LogP contribution in [0.4, 0.5) is 0 Å². The summed E-state index contributed by atoms with van der Waals surface area (Å²) in [5.41, 5.74) is 0.445. The molecule has 0 saturated heterocycles. The fourth-order valence-corrected chi connectivity index (χ4v) is 3.57. The number of nitrogens with zero attached hydrogens (tertiary/aromatic N) is 2. The van der Waals surface area contributed by atoms with Crippen molar-refractivity contribution in [3.05, 3.63) is 45.2 Å². The molecule has 27 heavy (non-hydrogen) atoms. The minimum Gasteiger partial charge on any atom is -0.496 e. The topological polar surface area (TPSA) is 87.0 Å². The molecular weight excluding hydrogens is 412 g/mol. The van der Waals surface area contributed by atoms with Crippen molar-refractivity contribution in [3.63, 3.8) is 0 Å². The van der Waals surface area contributed by atoms with Crippen molar-refractivity contribution in [2.75, 3.05) is 13.4 Å². The first kappa shape index (κ1) is 21.6. The Morgan fingerprint density at radius 2 is 2.00 bits per heavy atom. The Hall–Kier alpha value is -1.68. The van der Waals surface area contributed by atoms with Crippen LogP contribution in [-0.4, -0.2) is 31.6 Å². The molecule has 1 aromatic heterocycles. The first-order valence-electron chi connectivity index (χ1n) is 7.90. The molecule has 0 aliphatic carbocycles. The van der Waals surface area contributed by atoms with E-state index in [-0.39, 0.29) is 17.7 Å². The van der Waals surface area contributed by atoms with E-state index < -0.39 is 16.0 Å². The van der Waals surface area contributed by atoms with Gasteiger partial charge in [-0.15, -0.1) is 0 Å². The number of carbonyl (C=O) groups excluding carboxylic acids is 1. The van der Waals surface area contributed by atoms with Crippen molar-refractivity contribution in [1.82, 2.24) is 3.96 Å². The Morgan fingerprint density at radius 1 is 1.33 bits per heavy atom. The molecule has 1 aromatic carbocycles. The van der Waals surface area contributed by atoms with Crippen molar-refractivity contribution in [1.29, 1.82) is 0 Å². The molecule has 0 aliphatic heterocycles. The maximum absolute atomic E-state index is 12.7. The number of halogens is 1. The molecule has 0 unspecified atom stereocenters. The summed E-state index contributed by atoms with van der Waals surface area (Å²) < 4.78 is 35.0. The van der Waals surface area contributed by atoms with Crippen molar-refractivity contribution in [2.45, 2.75) is 32.9 Å². The summed E-state index contributed by atoms with van der Waals surface area (Å²) in [6.07, 6.45) is 2.70. The number of rotatable bonds is 5. The third kappa shape index (κ3) is 5.90. The van der Waals surface area contributed by atoms with Crippen LogP contribution in [0.1, 0.15) is 36.7 Å². The van der Waals surface area contributed by atoms with E-state index in [0.29, 0.717) is 21.0 Å². The summed E-state index contributed by atoms with van der Waals surface area (Å²) in [6.45, 7) is 5.74. The van der Waals surface area contributed by atoms with E-state index in [9.17, 15) is 13.2 Å². The Morgan fingerprint density at radius 3 is 2.56 bits per heavy atom. The highest BCUT2D eigenvalue weighted by molar-refractivity contribution is 7.85. The van der Waals surface area contributed by atoms with Crippen LogP contribution in [0.25, 0.3) is 0 Å². The van der Waals surface area contributed by atoms with Gasteiger partial charge in [0.1, 0.15) is 10.4 Å². The highest BCUT2D eigenvalue weighted by Crippen LogP contribution is 2.23. The molecular formula is C17H21ClN2O5S2. The highest BCUT2D eigenvalue weighted by Gasteiger charge is 2.18. The van der Waals surface area contributed by atoms with Gasteiger partial charge in [0.2, 0.25) is 0 Å². The van der Waals surface area contributed by atoms with Crippen molar-refractivity contribution in [2.24, 2.45) is 4.99 Å². The number of benzene rings is 1. The fourth-order valence-electron chi connectivity index (χ4n) is 2.07. The zero-order valence-corrected chi connectivity index (χ0v) is 18.0. The van der Waals surface area contributed by atoms with Crippen LogP contribution in [0.3, 0.4) is 0 Å². The molecule has 0 aliphatic rings. The second kappa shape index (κ2) is 8.14. The quantitative estimate of drug-likeness (QED) is 0.677. The van der Waals surface area contributed by atoms with Gasteiger partial charge in [0, 0.05) is 22.3 Å². The summed E-state index contributed by atoms with van der Waals surface area (Å²) in [7, 11) is -2.18. The second-order valence-corrected chi connectivity index (χ2v) is 9.82. The predicted molar refractivity (Wildman–Crippen MR) is 105 cm³/mol. The van der Waals surface area contributed by atoms with Crippen LogP contribution in [0, 0.1) is 0 Å². The molecule has 2 aromatic rings. The first-order valence-corrected chi connectivity index (χ1v) is 10.9. The molecule has 0 saturated carbocycles. The number of methoxy groups -OCH3 is 1. The molecule has 1 heterocycles. The van der Waals surface area contributed by atoms with Crippen LogP contribution in [0.5, 0.6) is 5.75 Å². The molecule has 0 fully saturated rings. The lowest BCUT2D eigenvalue weighted by molar-refractivity contribution is 0.0996. The zero-order chi connectivity index (χ0) is 20.4. The minimum absolute atomic E-state index is 0.211. The standard InChI is InChI=1S/C17H21ClN2O5S2/c1-17(2,3)20-9-11(10-25-27(5,22)23)16(26-20)19-15(21)13-8-12(18)6-7-14(13)24-4/h6-9H,10H2,1-5H3. The van der Waals surface area contributed by atoms with Gasteiger partial charge in [-0.25, -0.2) is 0 Å². The molecule has 0 atom stereocenters. The van der Waals surface area contributed by atoms with E-state index in [1.165, 1.54) is 24.7 Å². The van der Waals surface area contributed by atoms with Crippen LogP contribution in [-0.2, 0) is 26.4 Å². The molecule has 0 bridgehead atoms. The molecule has 0 N–H and O–H groups in total. The van der Waals surface area contributed by atoms with Crippen molar-refractivity contribution in [3.8, 4) is 5.75 Å². The Labute approximate surface area is 167 Å². The minimum atomic E-state index is -3.63. The first-order chi connectivity index (χ1) is 12.4. The van der Waals surface area contributed by atoms with Gasteiger partial charge < -0.3 is 4.74 Å². The molecule has 2 rings (SSSR count). The van der Waals surface area contributed by atoms with Gasteiger partial charge in [-0.1, -0.05) is 11.6 Å². The van der Waals surface area contributed by atoms with Gasteiger partial charge in [0.15, 0.2) is 0 Å². The monoisotopic (exact) mass is 432 g/mol. The average Bonchev–Trinajstić information content (AvgIpc) is 2.95. The van der Waals surface area contributed by atoms with Gasteiger partial charge in [0.25, 0.3) is 16.0 Å². The maximum atomic E-state index is 12.7. The van der Waals surface area contributed by atoms with Crippen LogP contribution in [0.2, 0.25) is 5.02 Å². The zero-order valence-electron chi connectivity index (χ0n) is 15.6. The van der Waals surface area contributed by atoms with Crippen LogP contribution in [0.15, 0.2) is 29.4 Å². The molecule has 0 radical (unpaired) electrons. The third-order valence-corrected chi connectivity index (χ3v) is 5.57. The molecule has 10 heteroatoms. The lowest BCUT2D eigenvalue weighted by atomic mass is 10.1. The number of amides is 1. The SMILES string of the molecule is COc1ccc(Cl)cc1C(=O)N=c1sn(C(C)(C)C)cc1COS(C)(=O)=O. The number of carbonyl (C=O) groups is 1. The van der Waals surface area contributed by atoms with E-state index in [4.69, 9.17) is 20.5 Å². The summed E-state index contributed by atoms with van der Waals surface area (Å²) in [5, 5.41) is 0.380. The summed E-state index contributed by atoms with van der Waals surface area (Å²) in [4.78, 5) is 16.9. The van der Waals surface area contributed by atoms with Gasteiger partial charge >= 0.3 is 0 Å². The smallest absolute Gasteiger partial charge is 0.282 e. The van der Waals surface area contributed by atoms with E-state index >= 15 is 0 Å².